The van der Waals surface area contributed by atoms with Gasteiger partial charge in [-0.05, 0) is 17.7 Å². The normalized spacial score (nSPS) is 12.1. The smallest absolute Gasteiger partial charge is 0.398 e. The van der Waals surface area contributed by atoms with Crippen molar-refractivity contribution in [3.05, 3.63) is 58.2 Å². The summed E-state index contributed by atoms with van der Waals surface area (Å²) in [4.78, 5) is 22.3. The van der Waals surface area contributed by atoms with Gasteiger partial charge < -0.3 is 10.7 Å². The standard InChI is InChI=1S/C19H11F3N6OS/c20-19(21,22)13-6-24-18(30-13)10-4-9(8-2-1-3-12-11(8)5-27-28-12)15(23)14-16(10)25-7-26-17(14)29/h1-7H,23H2,(H,27,28)(H,25,26,29). The molecule has 0 bridgehead atoms. The zero-order chi connectivity index (χ0) is 21.0. The molecule has 11 heteroatoms. The number of fused-ring (bicyclic) bond motifs is 2. The number of hydrogen-bond donors (Lipinski definition) is 3. The molecule has 5 rings (SSSR count). The van der Waals surface area contributed by atoms with Gasteiger partial charge in [0.25, 0.3) is 5.56 Å². The average Bonchev–Trinajstić information content (AvgIpc) is 3.37. The summed E-state index contributed by atoms with van der Waals surface area (Å²) < 4.78 is 39.3. The molecule has 0 saturated heterocycles. The number of nitrogens with two attached hydrogens (primary N) is 1. The highest BCUT2D eigenvalue weighted by Gasteiger charge is 2.34. The highest BCUT2D eigenvalue weighted by atomic mass is 32.1. The molecule has 150 valence electrons. The fraction of sp³-hybridized carbons (Fsp3) is 0.0526. The largest absolute Gasteiger partial charge is 0.427 e. The van der Waals surface area contributed by atoms with E-state index in [4.69, 9.17) is 5.73 Å². The number of anilines is 1. The number of hydrogen-bond acceptors (Lipinski definition) is 6. The zero-order valence-electron chi connectivity index (χ0n) is 14.9. The Hall–Kier alpha value is -3.73. The zero-order valence-corrected chi connectivity index (χ0v) is 15.7. The second-order valence-electron chi connectivity index (χ2n) is 6.50. The van der Waals surface area contributed by atoms with E-state index in [1.165, 1.54) is 6.33 Å². The van der Waals surface area contributed by atoms with Gasteiger partial charge in [-0.25, -0.2) is 9.97 Å². The Bertz CT molecular complexity index is 1480. The van der Waals surface area contributed by atoms with Crippen LogP contribution >= 0.6 is 11.3 Å². The molecule has 0 amide bonds. The van der Waals surface area contributed by atoms with Crippen molar-refractivity contribution in [2.24, 2.45) is 0 Å². The molecule has 2 aromatic carbocycles. The summed E-state index contributed by atoms with van der Waals surface area (Å²) in [5.41, 5.74) is 8.41. The topological polar surface area (TPSA) is 113 Å². The van der Waals surface area contributed by atoms with Gasteiger partial charge in [0.05, 0.1) is 40.8 Å². The molecule has 0 aliphatic rings. The van der Waals surface area contributed by atoms with Gasteiger partial charge in [0, 0.05) is 16.5 Å². The van der Waals surface area contributed by atoms with Crippen LogP contribution in [0.15, 0.2) is 47.8 Å². The van der Waals surface area contributed by atoms with E-state index in [2.05, 4.69) is 25.1 Å². The minimum absolute atomic E-state index is 0.0889. The summed E-state index contributed by atoms with van der Waals surface area (Å²) in [5, 5.41) is 7.82. The lowest BCUT2D eigenvalue weighted by atomic mass is 9.95. The van der Waals surface area contributed by atoms with Crippen molar-refractivity contribution in [3.8, 4) is 21.7 Å². The Morgan fingerprint density at radius 2 is 1.90 bits per heavy atom. The number of halogens is 3. The van der Waals surface area contributed by atoms with Gasteiger partial charge >= 0.3 is 6.18 Å². The van der Waals surface area contributed by atoms with E-state index in [1.807, 2.05) is 6.07 Å². The Labute approximate surface area is 169 Å². The molecule has 0 fully saturated rings. The number of nitrogens with one attached hydrogen (secondary N) is 2. The van der Waals surface area contributed by atoms with Crippen LogP contribution in [0.4, 0.5) is 18.9 Å². The Kier molecular flexibility index (Phi) is 3.90. The van der Waals surface area contributed by atoms with E-state index < -0.39 is 16.6 Å². The molecule has 0 aliphatic heterocycles. The molecule has 0 radical (unpaired) electrons. The van der Waals surface area contributed by atoms with Gasteiger partial charge in [-0.2, -0.15) is 18.3 Å². The minimum atomic E-state index is -4.52. The summed E-state index contributed by atoms with van der Waals surface area (Å²) in [6.45, 7) is 0. The van der Waals surface area contributed by atoms with Crippen LogP contribution in [-0.2, 0) is 6.18 Å². The molecule has 3 heterocycles. The number of H-pyrrole nitrogens is 2. The van der Waals surface area contributed by atoms with Gasteiger partial charge in [0.1, 0.15) is 9.88 Å². The first-order valence-electron chi connectivity index (χ1n) is 8.60. The first-order chi connectivity index (χ1) is 14.3. The van der Waals surface area contributed by atoms with E-state index in [1.54, 1.807) is 24.4 Å². The summed E-state index contributed by atoms with van der Waals surface area (Å²) in [6, 6.07) is 7.03. The van der Waals surface area contributed by atoms with Gasteiger partial charge in [0.2, 0.25) is 0 Å². The number of rotatable bonds is 2. The monoisotopic (exact) mass is 428 g/mol. The highest BCUT2D eigenvalue weighted by molar-refractivity contribution is 7.15. The molecule has 7 nitrogen and oxygen atoms in total. The molecule has 30 heavy (non-hydrogen) atoms. The number of thiazole rings is 1. The third-order valence-electron chi connectivity index (χ3n) is 4.75. The number of nitrogens with zero attached hydrogens (tertiary/aromatic N) is 3. The second-order valence-corrected chi connectivity index (χ2v) is 7.54. The van der Waals surface area contributed by atoms with Crippen molar-refractivity contribution < 1.29 is 13.2 Å². The number of aromatic nitrogens is 5. The Morgan fingerprint density at radius 3 is 2.67 bits per heavy atom. The third kappa shape index (κ3) is 2.74. The van der Waals surface area contributed by atoms with Gasteiger partial charge in [-0.3, -0.25) is 9.89 Å². The van der Waals surface area contributed by atoms with Crippen LogP contribution in [-0.4, -0.2) is 25.1 Å². The van der Waals surface area contributed by atoms with Gasteiger partial charge in [-0.15, -0.1) is 11.3 Å². The van der Waals surface area contributed by atoms with Crippen LogP contribution in [0.5, 0.6) is 0 Å². The molecule has 0 unspecified atom stereocenters. The maximum atomic E-state index is 13.1. The number of alkyl halides is 3. The molecular formula is C19H11F3N6OS. The van der Waals surface area contributed by atoms with Crippen LogP contribution in [0.1, 0.15) is 4.88 Å². The van der Waals surface area contributed by atoms with Crippen LogP contribution in [0.2, 0.25) is 0 Å². The number of benzene rings is 2. The lowest BCUT2D eigenvalue weighted by molar-refractivity contribution is -0.134. The van der Waals surface area contributed by atoms with Crippen molar-refractivity contribution in [2.45, 2.75) is 6.18 Å². The molecule has 0 spiro atoms. The first kappa shape index (κ1) is 18.3. The Balaban J connectivity index is 1.87. The summed E-state index contributed by atoms with van der Waals surface area (Å²) >= 11 is 0.481. The SMILES string of the molecule is Nc1c(-c2cccc3[nH]ncc23)cc(-c2ncc(C(F)(F)F)s2)c2nc[nH]c(=O)c12. The lowest BCUT2D eigenvalue weighted by Gasteiger charge is -2.12. The molecule has 3 aromatic heterocycles. The number of aromatic amines is 2. The van der Waals surface area contributed by atoms with E-state index in [0.29, 0.717) is 28.0 Å². The van der Waals surface area contributed by atoms with Gasteiger partial charge in [-0.1, -0.05) is 12.1 Å². The molecule has 0 saturated carbocycles. The fourth-order valence-corrected chi connectivity index (χ4v) is 4.20. The molecule has 0 atom stereocenters. The first-order valence-corrected chi connectivity index (χ1v) is 9.42. The van der Waals surface area contributed by atoms with Crippen LogP contribution in [0.3, 0.4) is 0 Å². The fourth-order valence-electron chi connectivity index (χ4n) is 3.40. The van der Waals surface area contributed by atoms with Crippen molar-refractivity contribution >= 4 is 38.8 Å². The Morgan fingerprint density at radius 1 is 1.07 bits per heavy atom. The predicted octanol–water partition coefficient (Wildman–Crippen LogP) is 4.19. The van der Waals surface area contributed by atoms with Crippen molar-refractivity contribution in [1.29, 1.82) is 0 Å². The lowest BCUT2D eigenvalue weighted by Crippen LogP contribution is -2.10. The summed E-state index contributed by atoms with van der Waals surface area (Å²) in [5.74, 6) is 0. The van der Waals surface area contributed by atoms with Crippen molar-refractivity contribution in [1.82, 2.24) is 25.1 Å². The molecule has 0 aliphatic carbocycles. The number of nitrogen functional groups attached to an aromatic ring is 1. The maximum absolute atomic E-state index is 13.1. The maximum Gasteiger partial charge on any atom is 0.427 e. The highest BCUT2D eigenvalue weighted by Crippen LogP contribution is 2.42. The van der Waals surface area contributed by atoms with Crippen molar-refractivity contribution in [2.75, 3.05) is 5.73 Å². The summed E-state index contributed by atoms with van der Waals surface area (Å²) in [6.07, 6.45) is -0.948. The van der Waals surface area contributed by atoms with Crippen LogP contribution in [0, 0.1) is 0 Å². The minimum Gasteiger partial charge on any atom is -0.398 e. The quantitative estimate of drug-likeness (QED) is 0.365. The molecule has 5 aromatic rings. The average molecular weight is 428 g/mol. The van der Waals surface area contributed by atoms with Crippen LogP contribution < -0.4 is 11.3 Å². The van der Waals surface area contributed by atoms with Gasteiger partial charge in [0.15, 0.2) is 0 Å². The molecular weight excluding hydrogens is 417 g/mol. The van der Waals surface area contributed by atoms with E-state index >= 15 is 0 Å². The van der Waals surface area contributed by atoms with E-state index in [9.17, 15) is 18.0 Å². The third-order valence-corrected chi connectivity index (χ3v) is 5.82. The van der Waals surface area contributed by atoms with Crippen LogP contribution in [0.25, 0.3) is 43.5 Å². The second kappa shape index (κ2) is 6.39. The van der Waals surface area contributed by atoms with E-state index in [-0.39, 0.29) is 21.6 Å². The summed E-state index contributed by atoms with van der Waals surface area (Å²) in [7, 11) is 0. The predicted molar refractivity (Wildman–Crippen MR) is 108 cm³/mol. The van der Waals surface area contributed by atoms with E-state index in [0.717, 1.165) is 17.1 Å². The molecule has 4 N–H and O–H groups in total. The van der Waals surface area contributed by atoms with Crippen molar-refractivity contribution in [3.63, 3.8) is 0 Å².